The number of β-amino-alcohol motifs (C(OH)–C–C–N with tert-alkyl or cyclic N) is 1. The molecule has 0 spiro atoms. The molecule has 1 fully saturated rings. The zero-order chi connectivity index (χ0) is 24.4. The van der Waals surface area contributed by atoms with Crippen molar-refractivity contribution < 1.29 is 19.4 Å². The first-order valence-corrected chi connectivity index (χ1v) is 12.7. The maximum Gasteiger partial charge on any atom is 0.261 e. The number of hydrogen-bond acceptors (Lipinski definition) is 6. The molecule has 0 aromatic heterocycles. The second kappa shape index (κ2) is 10.5. The van der Waals surface area contributed by atoms with Crippen LogP contribution in [-0.2, 0) is 0 Å². The Kier molecular flexibility index (Phi) is 7.15. The lowest BCUT2D eigenvalue weighted by Crippen LogP contribution is -2.51. The number of aliphatic hydroxyl groups is 1. The van der Waals surface area contributed by atoms with Crippen molar-refractivity contribution in [2.24, 2.45) is 0 Å². The van der Waals surface area contributed by atoms with Crippen LogP contribution in [0.1, 0.15) is 20.7 Å². The minimum atomic E-state index is -0.583. The molecule has 0 saturated carbocycles. The van der Waals surface area contributed by atoms with Crippen LogP contribution < -0.4 is 4.74 Å². The van der Waals surface area contributed by atoms with Crippen LogP contribution >= 0.6 is 15.9 Å². The smallest absolute Gasteiger partial charge is 0.261 e. The fraction of sp³-hybridized carbons (Fsp3) is 0.333. The first-order valence-electron chi connectivity index (χ1n) is 11.9. The molecule has 5 rings (SSSR count). The van der Waals surface area contributed by atoms with Crippen molar-refractivity contribution in [2.75, 3.05) is 52.4 Å². The Balaban J connectivity index is 1.10. The molecule has 0 unspecified atom stereocenters. The Morgan fingerprint density at radius 3 is 2.11 bits per heavy atom. The summed E-state index contributed by atoms with van der Waals surface area (Å²) in [5.74, 6) is 0.286. The van der Waals surface area contributed by atoms with Gasteiger partial charge in [0.25, 0.3) is 11.8 Å². The number of aliphatic hydroxyl groups excluding tert-OH is 1. The Hall–Kier alpha value is -2.78. The van der Waals surface area contributed by atoms with Gasteiger partial charge in [0.1, 0.15) is 18.5 Å². The van der Waals surface area contributed by atoms with Gasteiger partial charge in [0.2, 0.25) is 0 Å². The number of amides is 2. The van der Waals surface area contributed by atoms with Crippen molar-refractivity contribution in [1.29, 1.82) is 0 Å². The molecule has 2 aliphatic heterocycles. The van der Waals surface area contributed by atoms with E-state index in [1.807, 2.05) is 48.5 Å². The molecule has 2 amide bonds. The molecule has 3 aromatic carbocycles. The lowest BCUT2D eigenvalue weighted by atomic mass is 9.94. The summed E-state index contributed by atoms with van der Waals surface area (Å²) in [5, 5.41) is 12.1. The van der Waals surface area contributed by atoms with Crippen LogP contribution in [0.2, 0.25) is 0 Å². The molecule has 35 heavy (non-hydrogen) atoms. The van der Waals surface area contributed by atoms with Crippen LogP contribution in [-0.4, -0.2) is 90.1 Å². The first-order chi connectivity index (χ1) is 17.0. The number of nitrogens with zero attached hydrogens (tertiary/aromatic N) is 3. The van der Waals surface area contributed by atoms with Gasteiger partial charge in [-0.3, -0.25) is 24.3 Å². The molecule has 8 heteroatoms. The minimum absolute atomic E-state index is 0.217. The van der Waals surface area contributed by atoms with Crippen molar-refractivity contribution in [3.63, 3.8) is 0 Å². The number of carbonyl (C=O) groups excluding carboxylic acids is 2. The molecule has 2 heterocycles. The highest BCUT2D eigenvalue weighted by Crippen LogP contribution is 2.30. The van der Waals surface area contributed by atoms with E-state index in [1.54, 1.807) is 12.1 Å². The molecule has 1 N–H and O–H groups in total. The van der Waals surface area contributed by atoms with Gasteiger partial charge in [0.15, 0.2) is 0 Å². The number of hydrogen-bond donors (Lipinski definition) is 1. The van der Waals surface area contributed by atoms with Crippen molar-refractivity contribution >= 4 is 38.5 Å². The van der Waals surface area contributed by atoms with Crippen molar-refractivity contribution in [3.05, 3.63) is 76.3 Å². The van der Waals surface area contributed by atoms with Crippen molar-refractivity contribution in [2.45, 2.75) is 6.10 Å². The van der Waals surface area contributed by atoms with Gasteiger partial charge < -0.3 is 9.84 Å². The van der Waals surface area contributed by atoms with Gasteiger partial charge in [0.05, 0.1) is 4.47 Å². The fourth-order valence-electron chi connectivity index (χ4n) is 4.82. The largest absolute Gasteiger partial charge is 0.490 e. The van der Waals surface area contributed by atoms with Gasteiger partial charge in [0, 0.05) is 62.3 Å². The second-order valence-corrected chi connectivity index (χ2v) is 9.86. The minimum Gasteiger partial charge on any atom is -0.490 e. The third-order valence-corrected chi connectivity index (χ3v) is 7.35. The Labute approximate surface area is 213 Å². The SMILES string of the molecule is O=C1c2cccc3cccc(c23)C(=O)N1CCN1CCN(C[C@H](O)COc2ccccc2Br)CC1. The van der Waals surface area contributed by atoms with E-state index in [1.165, 1.54) is 4.90 Å². The van der Waals surface area contributed by atoms with E-state index in [0.29, 0.717) is 30.8 Å². The molecule has 1 saturated heterocycles. The van der Waals surface area contributed by atoms with Gasteiger partial charge in [-0.25, -0.2) is 0 Å². The molecule has 0 bridgehead atoms. The van der Waals surface area contributed by atoms with Crippen LogP contribution in [0.25, 0.3) is 10.8 Å². The van der Waals surface area contributed by atoms with E-state index < -0.39 is 6.10 Å². The van der Waals surface area contributed by atoms with Gasteiger partial charge in [-0.2, -0.15) is 0 Å². The van der Waals surface area contributed by atoms with Crippen LogP contribution in [0.5, 0.6) is 5.75 Å². The molecule has 0 radical (unpaired) electrons. The van der Waals surface area contributed by atoms with Crippen LogP contribution in [0.3, 0.4) is 0 Å². The molecule has 0 aliphatic carbocycles. The highest BCUT2D eigenvalue weighted by atomic mass is 79.9. The highest BCUT2D eigenvalue weighted by molar-refractivity contribution is 9.10. The van der Waals surface area contributed by atoms with E-state index in [0.717, 1.165) is 47.2 Å². The van der Waals surface area contributed by atoms with Crippen LogP contribution in [0.15, 0.2) is 65.1 Å². The van der Waals surface area contributed by atoms with Crippen molar-refractivity contribution in [1.82, 2.24) is 14.7 Å². The van der Waals surface area contributed by atoms with E-state index in [-0.39, 0.29) is 18.4 Å². The first kappa shape index (κ1) is 23.9. The summed E-state index contributed by atoms with van der Waals surface area (Å²) in [7, 11) is 0. The molecule has 1 atom stereocenters. The van der Waals surface area contributed by atoms with Gasteiger partial charge in [-0.05, 0) is 45.6 Å². The van der Waals surface area contributed by atoms with E-state index >= 15 is 0 Å². The Morgan fingerprint density at radius 1 is 0.829 bits per heavy atom. The fourth-order valence-corrected chi connectivity index (χ4v) is 5.22. The lowest BCUT2D eigenvalue weighted by Gasteiger charge is -2.36. The number of rotatable bonds is 8. The Bertz CT molecular complexity index is 1190. The van der Waals surface area contributed by atoms with Crippen LogP contribution in [0, 0.1) is 0 Å². The van der Waals surface area contributed by atoms with Gasteiger partial charge in [-0.1, -0.05) is 36.4 Å². The number of benzene rings is 3. The second-order valence-electron chi connectivity index (χ2n) is 9.01. The standard InChI is InChI=1S/C27H28BrN3O4/c28-23-9-1-2-10-24(23)35-18-20(32)17-30-13-11-29(12-14-30)15-16-31-26(33)21-7-3-5-19-6-4-8-22(25(19)21)27(31)34/h1-10,20,32H,11-18H2/t20-/m0/s1. The Morgan fingerprint density at radius 2 is 1.46 bits per heavy atom. The lowest BCUT2D eigenvalue weighted by molar-refractivity contribution is 0.0415. The summed E-state index contributed by atoms with van der Waals surface area (Å²) < 4.78 is 6.60. The number of ether oxygens (including phenoxy) is 1. The number of para-hydroxylation sites is 1. The maximum absolute atomic E-state index is 13.1. The summed E-state index contributed by atoms with van der Waals surface area (Å²) in [6, 6.07) is 18.8. The molecular formula is C27H28BrN3O4. The average molecular weight is 538 g/mol. The van der Waals surface area contributed by atoms with Gasteiger partial charge >= 0.3 is 0 Å². The maximum atomic E-state index is 13.1. The van der Waals surface area contributed by atoms with Crippen molar-refractivity contribution in [3.8, 4) is 5.75 Å². The number of imide groups is 1. The topological polar surface area (TPSA) is 73.3 Å². The number of carbonyl (C=O) groups is 2. The molecule has 7 nitrogen and oxygen atoms in total. The van der Waals surface area contributed by atoms with E-state index in [2.05, 4.69) is 25.7 Å². The third-order valence-electron chi connectivity index (χ3n) is 6.70. The molecule has 2 aliphatic rings. The summed E-state index contributed by atoms with van der Waals surface area (Å²) in [6.45, 7) is 5.05. The highest BCUT2D eigenvalue weighted by Gasteiger charge is 2.33. The summed E-state index contributed by atoms with van der Waals surface area (Å²) in [5.41, 5.74) is 1.20. The zero-order valence-electron chi connectivity index (χ0n) is 19.4. The number of halogens is 1. The molecule has 182 valence electrons. The predicted molar refractivity (Wildman–Crippen MR) is 138 cm³/mol. The number of piperazine rings is 1. The van der Waals surface area contributed by atoms with E-state index in [4.69, 9.17) is 4.74 Å². The zero-order valence-corrected chi connectivity index (χ0v) is 21.0. The van der Waals surface area contributed by atoms with E-state index in [9.17, 15) is 14.7 Å². The van der Waals surface area contributed by atoms with Crippen LogP contribution in [0.4, 0.5) is 0 Å². The summed E-state index contributed by atoms with van der Waals surface area (Å²) >= 11 is 3.45. The molecular weight excluding hydrogens is 510 g/mol. The van der Waals surface area contributed by atoms with Gasteiger partial charge in [-0.15, -0.1) is 0 Å². The average Bonchev–Trinajstić information content (AvgIpc) is 2.87. The monoisotopic (exact) mass is 537 g/mol. The predicted octanol–water partition coefficient (Wildman–Crippen LogP) is 3.26. The molecule has 3 aromatic rings. The summed E-state index contributed by atoms with van der Waals surface area (Å²) in [6.07, 6.45) is -0.583. The normalized spacial score (nSPS) is 17.7. The quantitative estimate of drug-likeness (QED) is 0.444. The third kappa shape index (κ3) is 5.11. The summed E-state index contributed by atoms with van der Waals surface area (Å²) in [4.78, 5) is 32.0.